The van der Waals surface area contributed by atoms with Gasteiger partial charge in [0.2, 0.25) is 5.91 Å². The van der Waals surface area contributed by atoms with Crippen LogP contribution in [0.3, 0.4) is 0 Å². The number of amides is 1. The van der Waals surface area contributed by atoms with Crippen molar-refractivity contribution in [3.05, 3.63) is 23.8 Å². The third kappa shape index (κ3) is 3.88. The SMILES string of the molecule is CCC(=O)Nc1cc(C(F)(F)F)ccc1N(CC)CC. The highest BCUT2D eigenvalue weighted by atomic mass is 19.4. The predicted octanol–water partition coefficient (Wildman–Crippen LogP) is 3.90. The van der Waals surface area contributed by atoms with Crippen molar-refractivity contribution in [2.75, 3.05) is 23.3 Å². The molecule has 0 saturated heterocycles. The zero-order valence-electron chi connectivity index (χ0n) is 11.8. The van der Waals surface area contributed by atoms with Gasteiger partial charge in [-0.2, -0.15) is 13.2 Å². The van der Waals surface area contributed by atoms with E-state index in [1.165, 1.54) is 6.07 Å². The molecule has 1 aromatic carbocycles. The number of hydrogen-bond donors (Lipinski definition) is 1. The lowest BCUT2D eigenvalue weighted by atomic mass is 10.1. The number of benzene rings is 1. The van der Waals surface area contributed by atoms with Crippen LogP contribution in [0, 0.1) is 0 Å². The number of nitrogens with zero attached hydrogens (tertiary/aromatic N) is 1. The van der Waals surface area contributed by atoms with Gasteiger partial charge in [-0.15, -0.1) is 0 Å². The molecule has 112 valence electrons. The molecule has 0 fully saturated rings. The zero-order valence-corrected chi connectivity index (χ0v) is 11.8. The fourth-order valence-corrected chi connectivity index (χ4v) is 1.89. The number of alkyl halides is 3. The Morgan fingerprint density at radius 2 is 1.80 bits per heavy atom. The first-order chi connectivity index (χ1) is 9.33. The highest BCUT2D eigenvalue weighted by molar-refractivity contribution is 5.94. The largest absolute Gasteiger partial charge is 0.416 e. The molecule has 1 aromatic rings. The lowest BCUT2D eigenvalue weighted by Crippen LogP contribution is -2.24. The number of rotatable bonds is 5. The van der Waals surface area contributed by atoms with Crippen molar-refractivity contribution in [3.8, 4) is 0 Å². The van der Waals surface area contributed by atoms with Crippen LogP contribution in [0.15, 0.2) is 18.2 Å². The van der Waals surface area contributed by atoms with E-state index < -0.39 is 11.7 Å². The van der Waals surface area contributed by atoms with Crippen LogP contribution < -0.4 is 10.2 Å². The standard InChI is InChI=1S/C14H19F3N2O/c1-4-13(20)18-11-9-10(14(15,16)17)7-8-12(11)19(5-2)6-3/h7-9H,4-6H2,1-3H3,(H,18,20). The van der Waals surface area contributed by atoms with E-state index in [4.69, 9.17) is 0 Å². The van der Waals surface area contributed by atoms with E-state index in [1.807, 2.05) is 18.7 Å². The molecule has 0 heterocycles. The maximum Gasteiger partial charge on any atom is 0.416 e. The van der Waals surface area contributed by atoms with Gasteiger partial charge >= 0.3 is 6.18 Å². The molecule has 3 nitrogen and oxygen atoms in total. The Balaban J connectivity index is 3.26. The van der Waals surface area contributed by atoms with E-state index in [9.17, 15) is 18.0 Å². The van der Waals surface area contributed by atoms with E-state index in [0.717, 1.165) is 12.1 Å². The summed E-state index contributed by atoms with van der Waals surface area (Å²) in [5.74, 6) is -0.308. The Labute approximate surface area is 116 Å². The third-order valence-corrected chi connectivity index (χ3v) is 3.02. The van der Waals surface area contributed by atoms with E-state index >= 15 is 0 Å². The van der Waals surface area contributed by atoms with Gasteiger partial charge in [0.25, 0.3) is 0 Å². The predicted molar refractivity (Wildman–Crippen MR) is 73.9 cm³/mol. The summed E-state index contributed by atoms with van der Waals surface area (Å²) in [6, 6.07) is 3.43. The summed E-state index contributed by atoms with van der Waals surface area (Å²) in [6.45, 7) is 6.77. The molecule has 0 aliphatic heterocycles. The lowest BCUT2D eigenvalue weighted by molar-refractivity contribution is -0.137. The van der Waals surface area contributed by atoms with Gasteiger partial charge in [-0.25, -0.2) is 0 Å². The molecule has 0 aliphatic carbocycles. The number of halogens is 3. The number of carbonyl (C=O) groups is 1. The minimum atomic E-state index is -4.42. The first kappa shape index (κ1) is 16.3. The van der Waals surface area contributed by atoms with Gasteiger partial charge in [0.1, 0.15) is 0 Å². The van der Waals surface area contributed by atoms with Gasteiger partial charge in [0.15, 0.2) is 0 Å². The Morgan fingerprint density at radius 1 is 1.20 bits per heavy atom. The topological polar surface area (TPSA) is 32.3 Å². The Bertz CT molecular complexity index is 468. The molecule has 0 spiro atoms. The number of anilines is 2. The van der Waals surface area contributed by atoms with E-state index in [0.29, 0.717) is 18.8 Å². The molecule has 1 amide bonds. The van der Waals surface area contributed by atoms with Crippen LogP contribution in [0.4, 0.5) is 24.5 Å². The van der Waals surface area contributed by atoms with Crippen LogP contribution >= 0.6 is 0 Å². The summed E-state index contributed by atoms with van der Waals surface area (Å²) < 4.78 is 38.3. The summed E-state index contributed by atoms with van der Waals surface area (Å²) in [5.41, 5.74) is 0.0417. The molecule has 0 aliphatic rings. The van der Waals surface area contributed by atoms with Crippen LogP contribution in [0.2, 0.25) is 0 Å². The Kier molecular flexibility index (Phi) is 5.42. The van der Waals surface area contributed by atoms with Gasteiger partial charge in [-0.1, -0.05) is 6.92 Å². The molecule has 1 N–H and O–H groups in total. The van der Waals surface area contributed by atoms with Crippen molar-refractivity contribution in [3.63, 3.8) is 0 Å². The van der Waals surface area contributed by atoms with E-state index in [-0.39, 0.29) is 18.0 Å². The van der Waals surface area contributed by atoms with Crippen LogP contribution in [0.1, 0.15) is 32.8 Å². The molecule has 0 radical (unpaired) electrons. The van der Waals surface area contributed by atoms with Crippen molar-refractivity contribution >= 4 is 17.3 Å². The van der Waals surface area contributed by atoms with Crippen LogP contribution in [-0.2, 0) is 11.0 Å². The van der Waals surface area contributed by atoms with Gasteiger partial charge in [0, 0.05) is 19.5 Å². The van der Waals surface area contributed by atoms with Crippen molar-refractivity contribution in [1.82, 2.24) is 0 Å². The molecule has 1 rings (SSSR count). The quantitative estimate of drug-likeness (QED) is 0.891. The second-order valence-electron chi connectivity index (χ2n) is 4.30. The minimum Gasteiger partial charge on any atom is -0.370 e. The van der Waals surface area contributed by atoms with Gasteiger partial charge in [0.05, 0.1) is 16.9 Å². The van der Waals surface area contributed by atoms with E-state index in [2.05, 4.69) is 5.32 Å². The molecule has 0 atom stereocenters. The summed E-state index contributed by atoms with van der Waals surface area (Å²) >= 11 is 0. The molecule has 0 bridgehead atoms. The second kappa shape index (κ2) is 6.63. The highest BCUT2D eigenvalue weighted by Gasteiger charge is 2.31. The van der Waals surface area contributed by atoms with Crippen LogP contribution in [0.25, 0.3) is 0 Å². The fourth-order valence-electron chi connectivity index (χ4n) is 1.89. The molecule has 0 saturated carbocycles. The third-order valence-electron chi connectivity index (χ3n) is 3.02. The summed E-state index contributed by atoms with van der Waals surface area (Å²) in [6.07, 6.45) is -4.21. The maximum absolute atomic E-state index is 12.8. The summed E-state index contributed by atoms with van der Waals surface area (Å²) in [4.78, 5) is 13.4. The minimum absolute atomic E-state index is 0.204. The average molecular weight is 288 g/mol. The number of carbonyl (C=O) groups excluding carboxylic acids is 1. The van der Waals surface area contributed by atoms with Gasteiger partial charge < -0.3 is 10.2 Å². The van der Waals surface area contributed by atoms with Gasteiger partial charge in [-0.3, -0.25) is 4.79 Å². The first-order valence-electron chi connectivity index (χ1n) is 6.59. The second-order valence-corrected chi connectivity index (χ2v) is 4.30. The smallest absolute Gasteiger partial charge is 0.370 e. The highest BCUT2D eigenvalue weighted by Crippen LogP contribution is 2.35. The van der Waals surface area contributed by atoms with Crippen molar-refractivity contribution in [2.45, 2.75) is 33.4 Å². The van der Waals surface area contributed by atoms with Crippen molar-refractivity contribution in [1.29, 1.82) is 0 Å². The number of hydrogen-bond acceptors (Lipinski definition) is 2. The monoisotopic (exact) mass is 288 g/mol. The van der Waals surface area contributed by atoms with Crippen LogP contribution in [-0.4, -0.2) is 19.0 Å². The van der Waals surface area contributed by atoms with E-state index in [1.54, 1.807) is 6.92 Å². The fraction of sp³-hybridized carbons (Fsp3) is 0.500. The zero-order chi connectivity index (χ0) is 15.3. The van der Waals surface area contributed by atoms with Crippen LogP contribution in [0.5, 0.6) is 0 Å². The lowest BCUT2D eigenvalue weighted by Gasteiger charge is -2.25. The average Bonchev–Trinajstić information content (AvgIpc) is 2.40. The Morgan fingerprint density at radius 3 is 2.25 bits per heavy atom. The summed E-state index contributed by atoms with van der Waals surface area (Å²) in [5, 5.41) is 2.54. The normalized spacial score (nSPS) is 11.3. The summed E-state index contributed by atoms with van der Waals surface area (Å²) in [7, 11) is 0. The molecule has 20 heavy (non-hydrogen) atoms. The maximum atomic E-state index is 12.8. The molecule has 0 unspecified atom stereocenters. The molecular weight excluding hydrogens is 269 g/mol. The Hall–Kier alpha value is -1.72. The molecule has 6 heteroatoms. The molecule has 0 aromatic heterocycles. The van der Waals surface area contributed by atoms with Crippen molar-refractivity contribution in [2.24, 2.45) is 0 Å². The number of nitrogens with one attached hydrogen (secondary N) is 1. The molecular formula is C14H19F3N2O. The first-order valence-corrected chi connectivity index (χ1v) is 6.59. The van der Waals surface area contributed by atoms with Gasteiger partial charge in [-0.05, 0) is 32.0 Å². The van der Waals surface area contributed by atoms with Crippen molar-refractivity contribution < 1.29 is 18.0 Å².